The van der Waals surface area contributed by atoms with Crippen LogP contribution in [0.1, 0.15) is 23.7 Å². The van der Waals surface area contributed by atoms with Crippen molar-refractivity contribution in [3.05, 3.63) is 39.7 Å². The molecule has 0 bridgehead atoms. The first-order chi connectivity index (χ1) is 8.86. The maximum atomic E-state index is 13.0. The zero-order valence-electron chi connectivity index (χ0n) is 9.92. The Balaban J connectivity index is 3.08. The van der Waals surface area contributed by atoms with E-state index >= 15 is 0 Å². The number of carboxylic acid groups (broad SMARTS) is 1. The predicted octanol–water partition coefficient (Wildman–Crippen LogP) is 1.33. The number of nitro benzene ring substituents is 1. The molecule has 0 aliphatic rings. The quantitative estimate of drug-likeness (QED) is 0.619. The fourth-order valence-electron chi connectivity index (χ4n) is 1.42. The lowest BCUT2D eigenvalue weighted by Gasteiger charge is -2.12. The maximum Gasteiger partial charge on any atom is 0.326 e. The number of hydrogen-bond acceptors (Lipinski definition) is 4. The topological polar surface area (TPSA) is 110 Å². The van der Waals surface area contributed by atoms with Gasteiger partial charge in [0, 0.05) is 6.07 Å². The second-order valence-corrected chi connectivity index (χ2v) is 3.69. The molecule has 1 aromatic carbocycles. The van der Waals surface area contributed by atoms with Crippen LogP contribution in [0.25, 0.3) is 0 Å². The number of carbonyl (C=O) groups is 2. The number of nitrogens with zero attached hydrogens (tertiary/aromatic N) is 1. The first-order valence-electron chi connectivity index (χ1n) is 5.34. The van der Waals surface area contributed by atoms with Crippen LogP contribution >= 0.6 is 0 Å². The molecule has 19 heavy (non-hydrogen) atoms. The van der Waals surface area contributed by atoms with E-state index in [1.54, 1.807) is 0 Å². The van der Waals surface area contributed by atoms with E-state index in [-0.39, 0.29) is 6.42 Å². The van der Waals surface area contributed by atoms with Crippen LogP contribution in [0.15, 0.2) is 18.2 Å². The molecule has 1 atom stereocenters. The molecular formula is C11H11FN2O5. The van der Waals surface area contributed by atoms with Crippen LogP contribution in [0.5, 0.6) is 0 Å². The van der Waals surface area contributed by atoms with Crippen molar-refractivity contribution >= 4 is 17.6 Å². The van der Waals surface area contributed by atoms with Crippen LogP contribution < -0.4 is 5.32 Å². The van der Waals surface area contributed by atoms with Crippen LogP contribution in [0, 0.1) is 15.9 Å². The lowest BCUT2D eigenvalue weighted by molar-refractivity contribution is -0.385. The number of aliphatic carboxylic acids is 1. The third-order valence-electron chi connectivity index (χ3n) is 2.41. The van der Waals surface area contributed by atoms with E-state index in [1.165, 1.54) is 6.92 Å². The Morgan fingerprint density at radius 3 is 2.63 bits per heavy atom. The summed E-state index contributed by atoms with van der Waals surface area (Å²) in [4.78, 5) is 32.4. The highest BCUT2D eigenvalue weighted by atomic mass is 19.1. The summed E-state index contributed by atoms with van der Waals surface area (Å²) in [6, 6.07) is 1.22. The molecule has 1 amide bonds. The summed E-state index contributed by atoms with van der Waals surface area (Å²) in [6.07, 6.45) is 0.101. The van der Waals surface area contributed by atoms with Crippen molar-refractivity contribution in [2.24, 2.45) is 0 Å². The molecule has 7 nitrogen and oxygen atoms in total. The van der Waals surface area contributed by atoms with E-state index in [0.717, 1.165) is 12.1 Å². The zero-order valence-corrected chi connectivity index (χ0v) is 9.92. The maximum absolute atomic E-state index is 13.0. The minimum atomic E-state index is -1.27. The molecule has 8 heteroatoms. The predicted molar refractivity (Wildman–Crippen MR) is 62.2 cm³/mol. The first-order valence-corrected chi connectivity index (χ1v) is 5.34. The standard InChI is InChI=1S/C11H11FN2O5/c1-2-8(11(16)17)13-10(15)7-5-6(12)3-4-9(7)14(18)19/h3-5,8H,2H2,1H3,(H,13,15)(H,16,17)/t8-/m0/s1. The lowest BCUT2D eigenvalue weighted by Crippen LogP contribution is -2.40. The Bertz CT molecular complexity index is 532. The third-order valence-corrected chi connectivity index (χ3v) is 2.41. The van der Waals surface area contributed by atoms with E-state index in [9.17, 15) is 24.1 Å². The van der Waals surface area contributed by atoms with Gasteiger partial charge in [0.15, 0.2) is 0 Å². The summed E-state index contributed by atoms with van der Waals surface area (Å²) in [7, 11) is 0. The van der Waals surface area contributed by atoms with Gasteiger partial charge in [-0.1, -0.05) is 6.92 Å². The number of nitrogens with one attached hydrogen (secondary N) is 1. The number of benzene rings is 1. The number of rotatable bonds is 5. The van der Waals surface area contributed by atoms with Gasteiger partial charge >= 0.3 is 5.97 Å². The van der Waals surface area contributed by atoms with Gasteiger partial charge in [-0.3, -0.25) is 14.9 Å². The molecular weight excluding hydrogens is 259 g/mol. The molecule has 2 N–H and O–H groups in total. The monoisotopic (exact) mass is 270 g/mol. The first kappa shape index (κ1) is 14.6. The largest absolute Gasteiger partial charge is 0.480 e. The normalized spacial score (nSPS) is 11.7. The number of amides is 1. The van der Waals surface area contributed by atoms with Crippen LogP contribution in [0.4, 0.5) is 10.1 Å². The molecule has 0 aliphatic heterocycles. The van der Waals surface area contributed by atoms with E-state index in [2.05, 4.69) is 5.32 Å². The van der Waals surface area contributed by atoms with Gasteiger partial charge in [0.2, 0.25) is 0 Å². The number of nitro groups is 1. The van der Waals surface area contributed by atoms with Gasteiger partial charge in [-0.05, 0) is 18.6 Å². The van der Waals surface area contributed by atoms with Gasteiger partial charge < -0.3 is 10.4 Å². The summed E-state index contributed by atoms with van der Waals surface area (Å²) in [6.45, 7) is 1.53. The van der Waals surface area contributed by atoms with Crippen molar-refractivity contribution in [1.29, 1.82) is 0 Å². The highest BCUT2D eigenvalue weighted by Gasteiger charge is 2.24. The molecule has 0 unspecified atom stereocenters. The highest BCUT2D eigenvalue weighted by molar-refractivity contribution is 5.99. The van der Waals surface area contributed by atoms with Crippen molar-refractivity contribution < 1.29 is 24.0 Å². The van der Waals surface area contributed by atoms with Crippen LogP contribution in [0.2, 0.25) is 0 Å². The molecule has 0 fully saturated rings. The van der Waals surface area contributed by atoms with E-state index < -0.39 is 39.9 Å². The third kappa shape index (κ3) is 3.47. The smallest absolute Gasteiger partial charge is 0.326 e. The Morgan fingerprint density at radius 1 is 1.53 bits per heavy atom. The van der Waals surface area contributed by atoms with Gasteiger partial charge in [0.05, 0.1) is 4.92 Å². The summed E-state index contributed by atoms with van der Waals surface area (Å²) < 4.78 is 13.0. The molecule has 1 aromatic rings. The minimum absolute atomic E-state index is 0.101. The fraction of sp³-hybridized carbons (Fsp3) is 0.273. The van der Waals surface area contributed by atoms with Crippen molar-refractivity contribution in [2.45, 2.75) is 19.4 Å². The van der Waals surface area contributed by atoms with E-state index in [0.29, 0.717) is 6.07 Å². The van der Waals surface area contributed by atoms with E-state index in [4.69, 9.17) is 5.11 Å². The average Bonchev–Trinajstić information content (AvgIpc) is 2.34. The molecule has 0 aliphatic carbocycles. The Hall–Kier alpha value is -2.51. The van der Waals surface area contributed by atoms with Gasteiger partial charge in [-0.25, -0.2) is 9.18 Å². The number of carbonyl (C=O) groups excluding carboxylic acids is 1. The second kappa shape index (κ2) is 5.89. The molecule has 102 valence electrons. The zero-order chi connectivity index (χ0) is 14.6. The second-order valence-electron chi connectivity index (χ2n) is 3.69. The van der Waals surface area contributed by atoms with Gasteiger partial charge in [0.1, 0.15) is 17.4 Å². The molecule has 1 rings (SSSR count). The van der Waals surface area contributed by atoms with Crippen molar-refractivity contribution in [2.75, 3.05) is 0 Å². The van der Waals surface area contributed by atoms with Gasteiger partial charge in [-0.2, -0.15) is 0 Å². The lowest BCUT2D eigenvalue weighted by atomic mass is 10.1. The number of halogens is 1. The summed E-state index contributed by atoms with van der Waals surface area (Å²) in [5.74, 6) is -3.09. The van der Waals surface area contributed by atoms with Crippen molar-refractivity contribution in [3.8, 4) is 0 Å². The van der Waals surface area contributed by atoms with Gasteiger partial charge in [-0.15, -0.1) is 0 Å². The van der Waals surface area contributed by atoms with E-state index in [1.807, 2.05) is 0 Å². The molecule has 0 heterocycles. The fourth-order valence-corrected chi connectivity index (χ4v) is 1.42. The number of carboxylic acids is 1. The number of hydrogen-bond donors (Lipinski definition) is 2. The molecule has 0 radical (unpaired) electrons. The highest BCUT2D eigenvalue weighted by Crippen LogP contribution is 2.19. The van der Waals surface area contributed by atoms with Crippen molar-refractivity contribution in [1.82, 2.24) is 5.32 Å². The molecule has 0 saturated carbocycles. The Labute approximate surface area is 107 Å². The minimum Gasteiger partial charge on any atom is -0.480 e. The molecule has 0 saturated heterocycles. The van der Waals surface area contributed by atoms with Crippen molar-refractivity contribution in [3.63, 3.8) is 0 Å². The SMILES string of the molecule is CC[C@H](NC(=O)c1cc(F)ccc1[N+](=O)[O-])C(=O)O. The van der Waals surface area contributed by atoms with Crippen LogP contribution in [-0.2, 0) is 4.79 Å². The van der Waals surface area contributed by atoms with Gasteiger partial charge in [0.25, 0.3) is 11.6 Å². The Morgan fingerprint density at radius 2 is 2.16 bits per heavy atom. The van der Waals surface area contributed by atoms with Crippen LogP contribution in [-0.4, -0.2) is 27.9 Å². The summed E-state index contributed by atoms with van der Waals surface area (Å²) in [5.41, 5.74) is -1.09. The average molecular weight is 270 g/mol. The Kier molecular flexibility index (Phi) is 4.51. The summed E-state index contributed by atoms with van der Waals surface area (Å²) >= 11 is 0. The molecule has 0 aromatic heterocycles. The van der Waals surface area contributed by atoms with Crippen LogP contribution in [0.3, 0.4) is 0 Å². The molecule has 0 spiro atoms. The summed E-state index contributed by atoms with van der Waals surface area (Å²) in [5, 5.41) is 21.6.